The minimum Gasteiger partial charge on any atom is -0.491 e. The van der Waals surface area contributed by atoms with Crippen LogP contribution in [0.2, 0.25) is 5.02 Å². The third-order valence-electron chi connectivity index (χ3n) is 6.22. The fourth-order valence-corrected chi connectivity index (χ4v) is 6.14. The van der Waals surface area contributed by atoms with Crippen molar-refractivity contribution >= 4 is 21.4 Å². The van der Waals surface area contributed by atoms with E-state index in [0.717, 1.165) is 11.1 Å². The summed E-state index contributed by atoms with van der Waals surface area (Å²) in [6.45, 7) is 4.83. The monoisotopic (exact) mass is 503 g/mol. The fourth-order valence-electron chi connectivity index (χ4n) is 4.19. The topological polar surface area (TPSA) is 80.0 Å². The Morgan fingerprint density at radius 3 is 2.68 bits per heavy atom. The molecule has 8 heteroatoms. The number of hydrogen-bond acceptors (Lipinski definition) is 6. The normalized spacial score (nSPS) is 18.3. The lowest BCUT2D eigenvalue weighted by atomic mass is 10.1. The Morgan fingerprint density at radius 2 is 1.97 bits per heavy atom. The van der Waals surface area contributed by atoms with E-state index in [0.29, 0.717) is 35.3 Å². The van der Waals surface area contributed by atoms with Crippen molar-refractivity contribution in [2.24, 2.45) is 0 Å². The number of nitrogens with zero attached hydrogens (tertiary/aromatic N) is 1. The van der Waals surface area contributed by atoms with Gasteiger partial charge in [0.05, 0.1) is 18.1 Å². The van der Waals surface area contributed by atoms with E-state index in [1.165, 1.54) is 5.56 Å². The van der Waals surface area contributed by atoms with Crippen LogP contribution in [0.4, 0.5) is 0 Å². The third kappa shape index (κ3) is 6.42. The second-order valence-corrected chi connectivity index (χ2v) is 11.6. The molecule has 1 aliphatic rings. The van der Waals surface area contributed by atoms with Crippen LogP contribution in [0.15, 0.2) is 59.0 Å². The molecule has 1 aliphatic heterocycles. The zero-order valence-electron chi connectivity index (χ0n) is 19.4. The average Bonchev–Trinajstić information content (AvgIpc) is 3.40. The summed E-state index contributed by atoms with van der Waals surface area (Å²) >= 11 is 6.10. The number of halogens is 1. The second kappa shape index (κ2) is 10.5. The molecular formula is C26H30ClNO5S. The van der Waals surface area contributed by atoms with Crippen molar-refractivity contribution in [1.29, 1.82) is 0 Å². The highest BCUT2D eigenvalue weighted by molar-refractivity contribution is 7.91. The standard InChI is InChI=1S/C26H30ClNO5S/c1-18-6-7-24(12-19(18)2)32-16-23(29)14-28(22-10-11-34(30,31)17-22)15-25-8-9-26(33-25)20-4-3-5-21(27)13-20/h3-9,12-13,22-23,29H,10-11,14-17H2,1-2H3. The van der Waals surface area contributed by atoms with Gasteiger partial charge < -0.3 is 14.3 Å². The Kier molecular flexibility index (Phi) is 7.67. The Balaban J connectivity index is 1.44. The van der Waals surface area contributed by atoms with Crippen LogP contribution in [-0.4, -0.2) is 55.2 Å². The summed E-state index contributed by atoms with van der Waals surface area (Å²) in [4.78, 5) is 1.99. The molecule has 0 aliphatic carbocycles. The van der Waals surface area contributed by atoms with Gasteiger partial charge in [0.15, 0.2) is 9.84 Å². The van der Waals surface area contributed by atoms with Crippen molar-refractivity contribution in [2.75, 3.05) is 24.7 Å². The van der Waals surface area contributed by atoms with Gasteiger partial charge in [-0.3, -0.25) is 4.90 Å². The van der Waals surface area contributed by atoms with Crippen molar-refractivity contribution in [3.63, 3.8) is 0 Å². The molecule has 2 heterocycles. The number of rotatable bonds is 9. The first-order chi connectivity index (χ1) is 16.2. The zero-order valence-corrected chi connectivity index (χ0v) is 21.0. The maximum atomic E-state index is 12.1. The molecule has 3 aromatic rings. The summed E-state index contributed by atoms with van der Waals surface area (Å²) < 4.78 is 36.1. The lowest BCUT2D eigenvalue weighted by Crippen LogP contribution is -2.42. The van der Waals surface area contributed by atoms with Crippen molar-refractivity contribution in [3.05, 3.63) is 76.5 Å². The zero-order chi connectivity index (χ0) is 24.3. The van der Waals surface area contributed by atoms with Crippen molar-refractivity contribution < 1.29 is 22.7 Å². The van der Waals surface area contributed by atoms with Gasteiger partial charge in [0.2, 0.25) is 0 Å². The van der Waals surface area contributed by atoms with E-state index in [2.05, 4.69) is 0 Å². The van der Waals surface area contributed by atoms with Gasteiger partial charge in [-0.2, -0.15) is 0 Å². The molecule has 0 spiro atoms. The van der Waals surface area contributed by atoms with E-state index in [1.807, 2.05) is 67.3 Å². The van der Waals surface area contributed by atoms with E-state index in [4.69, 9.17) is 20.8 Å². The number of furan rings is 1. The Hall–Kier alpha value is -2.32. The molecule has 2 aromatic carbocycles. The highest BCUT2D eigenvalue weighted by Crippen LogP contribution is 2.27. The van der Waals surface area contributed by atoms with Crippen LogP contribution in [0.5, 0.6) is 5.75 Å². The third-order valence-corrected chi connectivity index (χ3v) is 8.21. The number of aryl methyl sites for hydroxylation is 2. The Bertz CT molecular complexity index is 1240. The van der Waals surface area contributed by atoms with Crippen LogP contribution in [0.1, 0.15) is 23.3 Å². The highest BCUT2D eigenvalue weighted by atomic mass is 35.5. The first-order valence-corrected chi connectivity index (χ1v) is 13.6. The van der Waals surface area contributed by atoms with Crippen LogP contribution in [-0.2, 0) is 16.4 Å². The largest absolute Gasteiger partial charge is 0.491 e. The maximum Gasteiger partial charge on any atom is 0.151 e. The highest BCUT2D eigenvalue weighted by Gasteiger charge is 2.33. The van der Waals surface area contributed by atoms with Gasteiger partial charge in [0, 0.05) is 23.2 Å². The van der Waals surface area contributed by atoms with E-state index in [-0.39, 0.29) is 30.7 Å². The molecule has 0 radical (unpaired) electrons. The molecular weight excluding hydrogens is 474 g/mol. The van der Waals surface area contributed by atoms with Crippen LogP contribution < -0.4 is 4.74 Å². The molecule has 34 heavy (non-hydrogen) atoms. The minimum absolute atomic E-state index is 0.0829. The molecule has 1 N–H and O–H groups in total. The predicted molar refractivity (Wildman–Crippen MR) is 134 cm³/mol. The molecule has 1 fully saturated rings. The van der Waals surface area contributed by atoms with Crippen LogP contribution in [0.3, 0.4) is 0 Å². The van der Waals surface area contributed by atoms with Gasteiger partial charge in [0.1, 0.15) is 30.0 Å². The first-order valence-electron chi connectivity index (χ1n) is 11.4. The SMILES string of the molecule is Cc1ccc(OCC(O)CN(Cc2ccc(-c3cccc(Cl)c3)o2)C2CCS(=O)(=O)C2)cc1C. The van der Waals surface area contributed by atoms with E-state index in [1.54, 1.807) is 6.07 Å². The smallest absolute Gasteiger partial charge is 0.151 e. The molecule has 2 atom stereocenters. The Morgan fingerprint density at radius 1 is 1.15 bits per heavy atom. The molecule has 0 bridgehead atoms. The molecule has 182 valence electrons. The molecule has 1 saturated heterocycles. The van der Waals surface area contributed by atoms with Gasteiger partial charge in [-0.15, -0.1) is 0 Å². The summed E-state index contributed by atoms with van der Waals surface area (Å²) in [6, 6.07) is 16.8. The van der Waals surface area contributed by atoms with E-state index in [9.17, 15) is 13.5 Å². The van der Waals surface area contributed by atoms with Crippen LogP contribution in [0, 0.1) is 13.8 Å². The van der Waals surface area contributed by atoms with Gasteiger partial charge in [-0.05, 0) is 67.8 Å². The van der Waals surface area contributed by atoms with E-state index >= 15 is 0 Å². The number of benzene rings is 2. The first kappa shape index (κ1) is 24.8. The van der Waals surface area contributed by atoms with Gasteiger partial charge >= 0.3 is 0 Å². The maximum absolute atomic E-state index is 12.1. The summed E-state index contributed by atoms with van der Waals surface area (Å²) in [5.74, 6) is 2.33. The number of hydrogen-bond donors (Lipinski definition) is 1. The van der Waals surface area contributed by atoms with Crippen LogP contribution >= 0.6 is 11.6 Å². The average molecular weight is 504 g/mol. The molecule has 0 saturated carbocycles. The molecule has 1 aromatic heterocycles. The molecule has 0 amide bonds. The van der Waals surface area contributed by atoms with Gasteiger partial charge in [-0.25, -0.2) is 8.42 Å². The summed E-state index contributed by atoms with van der Waals surface area (Å²) in [5, 5.41) is 11.4. The predicted octanol–water partition coefficient (Wildman–Crippen LogP) is 4.65. The van der Waals surface area contributed by atoms with Crippen LogP contribution in [0.25, 0.3) is 11.3 Å². The number of sulfone groups is 1. The van der Waals surface area contributed by atoms with Gasteiger partial charge in [0.25, 0.3) is 0 Å². The van der Waals surface area contributed by atoms with Crippen molar-refractivity contribution in [3.8, 4) is 17.1 Å². The van der Waals surface area contributed by atoms with Gasteiger partial charge in [-0.1, -0.05) is 29.8 Å². The number of aliphatic hydroxyl groups excluding tert-OH is 1. The molecule has 2 unspecified atom stereocenters. The summed E-state index contributed by atoms with van der Waals surface area (Å²) in [5.41, 5.74) is 3.17. The lowest BCUT2D eigenvalue weighted by Gasteiger charge is -2.29. The second-order valence-electron chi connectivity index (χ2n) is 8.97. The van der Waals surface area contributed by atoms with Crippen molar-refractivity contribution in [2.45, 2.75) is 39.0 Å². The summed E-state index contributed by atoms with van der Waals surface area (Å²) in [7, 11) is -3.08. The Labute approximate surface area is 206 Å². The fraction of sp³-hybridized carbons (Fsp3) is 0.385. The molecule has 4 rings (SSSR count). The minimum atomic E-state index is -3.08. The quantitative estimate of drug-likeness (QED) is 0.458. The lowest BCUT2D eigenvalue weighted by molar-refractivity contribution is 0.0498. The number of aliphatic hydroxyl groups is 1. The van der Waals surface area contributed by atoms with E-state index < -0.39 is 15.9 Å². The number of ether oxygens (including phenoxy) is 1. The summed E-state index contributed by atoms with van der Waals surface area (Å²) in [6.07, 6.45) is -0.248. The molecule has 6 nitrogen and oxygen atoms in total. The van der Waals surface area contributed by atoms with Crippen molar-refractivity contribution in [1.82, 2.24) is 4.90 Å².